The topological polar surface area (TPSA) is 100 Å². The predicted octanol–water partition coefficient (Wildman–Crippen LogP) is 1.39. The van der Waals surface area contributed by atoms with E-state index in [1.54, 1.807) is 30.3 Å². The number of ether oxygens (including phenoxy) is 1. The summed E-state index contributed by atoms with van der Waals surface area (Å²) in [7, 11) is -2.08. The lowest BCUT2D eigenvalue weighted by Gasteiger charge is -2.36. The SMILES string of the molecule is COCCNS(=O)(=O)c1cccc(CN=C(N)N2CCN(c3ccc(F)cc3)CC2)c1. The predicted molar refractivity (Wildman–Crippen MR) is 119 cm³/mol. The van der Waals surface area contributed by atoms with Crippen LogP contribution >= 0.6 is 0 Å². The first-order chi connectivity index (χ1) is 14.9. The fourth-order valence-electron chi connectivity index (χ4n) is 3.29. The standard InChI is InChI=1S/C21H28FN5O3S/c1-30-14-9-25-31(28,29)20-4-2-3-17(15-20)16-24-21(23)27-12-10-26(11-13-27)19-7-5-18(22)6-8-19/h2-8,15,25H,9-14,16H2,1H3,(H2,23,24). The van der Waals surface area contributed by atoms with Gasteiger partial charge in [-0.05, 0) is 42.0 Å². The number of benzene rings is 2. The Morgan fingerprint density at radius 1 is 1.16 bits per heavy atom. The average molecular weight is 450 g/mol. The van der Waals surface area contributed by atoms with E-state index < -0.39 is 10.0 Å². The largest absolute Gasteiger partial charge is 0.383 e. The van der Waals surface area contributed by atoms with Gasteiger partial charge in [0.15, 0.2) is 5.96 Å². The summed E-state index contributed by atoms with van der Waals surface area (Å²) < 4.78 is 45.2. The summed E-state index contributed by atoms with van der Waals surface area (Å²) in [6, 6.07) is 13.1. The fraction of sp³-hybridized carbons (Fsp3) is 0.381. The maximum absolute atomic E-state index is 13.1. The van der Waals surface area contributed by atoms with E-state index in [2.05, 4.69) is 14.6 Å². The summed E-state index contributed by atoms with van der Waals surface area (Å²) in [6.07, 6.45) is 0. The zero-order valence-corrected chi connectivity index (χ0v) is 18.3. The molecule has 0 unspecified atom stereocenters. The lowest BCUT2D eigenvalue weighted by atomic mass is 10.2. The smallest absolute Gasteiger partial charge is 0.240 e. The quantitative estimate of drug-likeness (QED) is 0.359. The van der Waals surface area contributed by atoms with Gasteiger partial charge in [0, 0.05) is 45.5 Å². The lowest BCUT2D eigenvalue weighted by molar-refractivity contribution is 0.204. The van der Waals surface area contributed by atoms with Crippen LogP contribution in [0.15, 0.2) is 58.4 Å². The van der Waals surface area contributed by atoms with Gasteiger partial charge in [0.25, 0.3) is 0 Å². The number of hydrogen-bond donors (Lipinski definition) is 2. The van der Waals surface area contributed by atoms with Gasteiger partial charge < -0.3 is 20.3 Å². The van der Waals surface area contributed by atoms with Gasteiger partial charge in [-0.15, -0.1) is 0 Å². The second kappa shape index (κ2) is 10.6. The number of nitrogens with zero attached hydrogens (tertiary/aromatic N) is 3. The van der Waals surface area contributed by atoms with E-state index in [0.29, 0.717) is 25.7 Å². The maximum atomic E-state index is 13.1. The van der Waals surface area contributed by atoms with Crippen LogP contribution in [0.3, 0.4) is 0 Å². The molecule has 1 aliphatic heterocycles. The third-order valence-electron chi connectivity index (χ3n) is 5.03. The van der Waals surface area contributed by atoms with Crippen molar-refractivity contribution >= 4 is 21.7 Å². The highest BCUT2D eigenvalue weighted by molar-refractivity contribution is 7.89. The summed E-state index contributed by atoms with van der Waals surface area (Å²) in [5, 5.41) is 0. The van der Waals surface area contributed by atoms with Crippen LogP contribution in [0.5, 0.6) is 0 Å². The number of nitrogens with one attached hydrogen (secondary N) is 1. The Hall–Kier alpha value is -2.69. The number of hydrogen-bond acceptors (Lipinski definition) is 5. The molecule has 0 atom stereocenters. The third kappa shape index (κ3) is 6.39. The van der Waals surface area contributed by atoms with E-state index in [-0.39, 0.29) is 23.8 Å². The van der Waals surface area contributed by atoms with Crippen LogP contribution in [-0.2, 0) is 21.3 Å². The molecule has 1 saturated heterocycles. The number of methoxy groups -OCH3 is 1. The van der Waals surface area contributed by atoms with E-state index >= 15 is 0 Å². The molecular formula is C21H28FN5O3S. The second-order valence-corrected chi connectivity index (χ2v) is 8.93. The monoisotopic (exact) mass is 449 g/mol. The zero-order chi connectivity index (χ0) is 22.3. The molecule has 0 bridgehead atoms. The minimum absolute atomic E-state index is 0.183. The molecule has 1 aliphatic rings. The van der Waals surface area contributed by atoms with Crippen LogP contribution in [-0.4, -0.2) is 65.7 Å². The molecular weight excluding hydrogens is 421 g/mol. The Morgan fingerprint density at radius 3 is 2.55 bits per heavy atom. The molecule has 0 saturated carbocycles. The van der Waals surface area contributed by atoms with Gasteiger partial charge in [-0.25, -0.2) is 22.5 Å². The molecule has 8 nitrogen and oxygen atoms in total. The Bertz CT molecular complexity index is 990. The van der Waals surface area contributed by atoms with Crippen molar-refractivity contribution < 1.29 is 17.5 Å². The highest BCUT2D eigenvalue weighted by atomic mass is 32.2. The molecule has 1 heterocycles. The number of guanidine groups is 1. The summed E-state index contributed by atoms with van der Waals surface area (Å²) in [4.78, 5) is 8.79. The van der Waals surface area contributed by atoms with Gasteiger partial charge in [0.05, 0.1) is 18.0 Å². The van der Waals surface area contributed by atoms with Crippen LogP contribution in [0.4, 0.5) is 10.1 Å². The van der Waals surface area contributed by atoms with Crippen molar-refractivity contribution in [2.75, 3.05) is 51.3 Å². The molecule has 2 aromatic rings. The molecule has 0 spiro atoms. The van der Waals surface area contributed by atoms with Crippen molar-refractivity contribution in [2.45, 2.75) is 11.4 Å². The number of nitrogens with two attached hydrogens (primary N) is 1. The minimum atomic E-state index is -3.60. The molecule has 10 heteroatoms. The van der Waals surface area contributed by atoms with E-state index in [9.17, 15) is 12.8 Å². The van der Waals surface area contributed by atoms with Gasteiger partial charge >= 0.3 is 0 Å². The number of sulfonamides is 1. The minimum Gasteiger partial charge on any atom is -0.383 e. The highest BCUT2D eigenvalue weighted by Crippen LogP contribution is 2.17. The third-order valence-corrected chi connectivity index (χ3v) is 6.48. The first-order valence-electron chi connectivity index (χ1n) is 10.0. The summed E-state index contributed by atoms with van der Waals surface area (Å²) in [6.45, 7) is 3.69. The van der Waals surface area contributed by atoms with Crippen molar-refractivity contribution in [3.05, 3.63) is 59.9 Å². The molecule has 3 N–H and O–H groups in total. The van der Waals surface area contributed by atoms with Gasteiger partial charge in [-0.3, -0.25) is 0 Å². The summed E-state index contributed by atoms with van der Waals surface area (Å²) in [5.41, 5.74) is 7.90. The first-order valence-corrected chi connectivity index (χ1v) is 11.5. The molecule has 0 radical (unpaired) electrons. The summed E-state index contributed by atoms with van der Waals surface area (Å²) >= 11 is 0. The number of aliphatic imine (C=N–C) groups is 1. The van der Waals surface area contributed by atoms with Gasteiger partial charge in [-0.2, -0.15) is 0 Å². The Morgan fingerprint density at radius 2 is 1.87 bits per heavy atom. The molecule has 168 valence electrons. The van der Waals surface area contributed by atoms with Crippen molar-refractivity contribution in [1.29, 1.82) is 0 Å². The van der Waals surface area contributed by atoms with Gasteiger partial charge in [0.1, 0.15) is 5.82 Å². The molecule has 0 aliphatic carbocycles. The molecule has 0 amide bonds. The van der Waals surface area contributed by atoms with Crippen molar-refractivity contribution in [1.82, 2.24) is 9.62 Å². The molecule has 3 rings (SSSR count). The Labute approximate surface area is 182 Å². The van der Waals surface area contributed by atoms with E-state index in [1.807, 2.05) is 11.0 Å². The van der Waals surface area contributed by atoms with Crippen LogP contribution in [0.2, 0.25) is 0 Å². The van der Waals surface area contributed by atoms with E-state index in [1.165, 1.54) is 19.2 Å². The van der Waals surface area contributed by atoms with Crippen LogP contribution in [0, 0.1) is 5.82 Å². The van der Waals surface area contributed by atoms with Crippen LogP contribution in [0.25, 0.3) is 0 Å². The Kier molecular flexibility index (Phi) is 7.83. The number of halogens is 1. The normalized spacial score (nSPS) is 15.4. The van der Waals surface area contributed by atoms with E-state index in [0.717, 1.165) is 24.3 Å². The summed E-state index contributed by atoms with van der Waals surface area (Å²) in [5.74, 6) is 0.173. The fourth-order valence-corrected chi connectivity index (χ4v) is 4.37. The Balaban J connectivity index is 1.56. The number of piperazine rings is 1. The molecule has 1 fully saturated rings. The second-order valence-electron chi connectivity index (χ2n) is 7.16. The first kappa shape index (κ1) is 23.0. The lowest BCUT2D eigenvalue weighted by Crippen LogP contribution is -2.51. The maximum Gasteiger partial charge on any atom is 0.240 e. The average Bonchev–Trinajstić information content (AvgIpc) is 2.78. The molecule has 2 aromatic carbocycles. The van der Waals surface area contributed by atoms with Gasteiger partial charge in [-0.1, -0.05) is 12.1 Å². The number of anilines is 1. The van der Waals surface area contributed by atoms with Crippen molar-refractivity contribution in [2.24, 2.45) is 10.7 Å². The zero-order valence-electron chi connectivity index (χ0n) is 17.5. The van der Waals surface area contributed by atoms with Crippen LogP contribution < -0.4 is 15.4 Å². The van der Waals surface area contributed by atoms with Gasteiger partial charge in [0.2, 0.25) is 10.0 Å². The molecule has 0 aromatic heterocycles. The van der Waals surface area contributed by atoms with Crippen molar-refractivity contribution in [3.8, 4) is 0 Å². The van der Waals surface area contributed by atoms with E-state index in [4.69, 9.17) is 10.5 Å². The van der Waals surface area contributed by atoms with Crippen molar-refractivity contribution in [3.63, 3.8) is 0 Å². The number of rotatable bonds is 8. The van der Waals surface area contributed by atoms with Crippen LogP contribution in [0.1, 0.15) is 5.56 Å². The molecule has 31 heavy (non-hydrogen) atoms. The highest BCUT2D eigenvalue weighted by Gasteiger charge is 2.19.